The number of unbranched alkanes of at least 4 members (excludes halogenated alkanes) is 1. The van der Waals surface area contributed by atoms with E-state index in [0.29, 0.717) is 10.8 Å². The average molecular weight is 405 g/mol. The molecule has 0 radical (unpaired) electrons. The van der Waals surface area contributed by atoms with Crippen LogP contribution in [0.5, 0.6) is 0 Å². The summed E-state index contributed by atoms with van der Waals surface area (Å²) in [7, 11) is 0. The first-order chi connectivity index (χ1) is 13.8. The van der Waals surface area contributed by atoms with Gasteiger partial charge in [0.2, 0.25) is 0 Å². The molecule has 168 valence electrons. The highest BCUT2D eigenvalue weighted by molar-refractivity contribution is 5.25. The Morgan fingerprint density at radius 1 is 1.03 bits per heavy atom. The summed E-state index contributed by atoms with van der Waals surface area (Å²) in [5.74, 6) is 3.57. The molecule has 2 N–H and O–H groups in total. The minimum absolute atomic E-state index is 0.0905. The lowest BCUT2D eigenvalue weighted by Gasteiger charge is -2.58. The second-order valence-electron chi connectivity index (χ2n) is 11.1. The van der Waals surface area contributed by atoms with Gasteiger partial charge in [0.05, 0.1) is 12.2 Å². The van der Waals surface area contributed by atoms with Crippen LogP contribution in [-0.2, 0) is 0 Å². The molecule has 2 heteroatoms. The summed E-state index contributed by atoms with van der Waals surface area (Å²) in [6, 6.07) is 0. The molecule has 0 aromatic rings. The third-order valence-corrected chi connectivity index (χ3v) is 9.70. The summed E-state index contributed by atoms with van der Waals surface area (Å²) in [4.78, 5) is 0. The highest BCUT2D eigenvalue weighted by atomic mass is 16.3. The Kier molecular flexibility index (Phi) is 7.58. The molecule has 0 saturated heterocycles. The van der Waals surface area contributed by atoms with E-state index < -0.39 is 0 Å². The molecule has 0 bridgehead atoms. The Morgan fingerprint density at radius 3 is 2.52 bits per heavy atom. The smallest absolute Gasteiger partial charge is 0.0577 e. The molecule has 4 aliphatic rings. The van der Waals surface area contributed by atoms with Crippen LogP contribution in [0.4, 0.5) is 0 Å². The fourth-order valence-corrected chi connectivity index (χ4v) is 8.06. The molecule has 0 spiro atoms. The SMILES string of the molecule is CC.CC(O)CCCC[C@H]1CCC2[C@@H]3CC=C4CC(O)CC[C@]4(C)C3CC[C@@]21C. The van der Waals surface area contributed by atoms with Crippen molar-refractivity contribution in [1.29, 1.82) is 0 Å². The van der Waals surface area contributed by atoms with Crippen LogP contribution < -0.4 is 0 Å². The zero-order valence-corrected chi connectivity index (χ0v) is 19.9. The maximum Gasteiger partial charge on any atom is 0.0577 e. The zero-order chi connectivity index (χ0) is 21.2. The maximum atomic E-state index is 10.2. The zero-order valence-electron chi connectivity index (χ0n) is 19.9. The predicted octanol–water partition coefficient (Wildman–Crippen LogP) is 6.89. The van der Waals surface area contributed by atoms with Crippen LogP contribution in [0.1, 0.15) is 112 Å². The van der Waals surface area contributed by atoms with Crippen molar-refractivity contribution in [2.24, 2.45) is 34.5 Å². The minimum Gasteiger partial charge on any atom is -0.393 e. The summed E-state index contributed by atoms with van der Waals surface area (Å²) in [6.45, 7) is 11.1. The van der Waals surface area contributed by atoms with E-state index in [-0.39, 0.29) is 12.2 Å². The molecule has 2 nitrogen and oxygen atoms in total. The molecule has 0 heterocycles. The molecule has 4 unspecified atom stereocenters. The van der Waals surface area contributed by atoms with Crippen LogP contribution in [0.3, 0.4) is 0 Å². The van der Waals surface area contributed by atoms with E-state index in [1.807, 2.05) is 20.8 Å². The molecule has 3 saturated carbocycles. The molecule has 29 heavy (non-hydrogen) atoms. The maximum absolute atomic E-state index is 10.2. The molecule has 4 aliphatic carbocycles. The van der Waals surface area contributed by atoms with Gasteiger partial charge in [0.15, 0.2) is 0 Å². The van der Waals surface area contributed by atoms with Crippen molar-refractivity contribution in [3.05, 3.63) is 11.6 Å². The first-order valence-electron chi connectivity index (χ1n) is 12.9. The molecule has 0 aromatic carbocycles. The lowest BCUT2D eigenvalue weighted by atomic mass is 9.47. The Bertz CT molecular complexity index is 567. The summed E-state index contributed by atoms with van der Waals surface area (Å²) in [5.41, 5.74) is 2.53. The van der Waals surface area contributed by atoms with Gasteiger partial charge in [-0.05, 0) is 106 Å². The Hall–Kier alpha value is -0.340. The van der Waals surface area contributed by atoms with Crippen molar-refractivity contribution in [2.45, 2.75) is 124 Å². The summed E-state index contributed by atoms with van der Waals surface area (Å²) < 4.78 is 0. The molecule has 8 atom stereocenters. The van der Waals surface area contributed by atoms with Gasteiger partial charge in [-0.15, -0.1) is 0 Å². The van der Waals surface area contributed by atoms with Gasteiger partial charge in [-0.25, -0.2) is 0 Å². The van der Waals surface area contributed by atoms with Crippen molar-refractivity contribution < 1.29 is 10.2 Å². The third-order valence-electron chi connectivity index (χ3n) is 9.70. The normalized spacial score (nSPS) is 44.5. The van der Waals surface area contributed by atoms with Gasteiger partial charge in [-0.3, -0.25) is 0 Å². The lowest BCUT2D eigenvalue weighted by molar-refractivity contribution is -0.0509. The number of fused-ring (bicyclic) bond motifs is 5. The second-order valence-corrected chi connectivity index (χ2v) is 11.1. The van der Waals surface area contributed by atoms with Gasteiger partial charge >= 0.3 is 0 Å². The number of allylic oxidation sites excluding steroid dienone is 1. The highest BCUT2D eigenvalue weighted by Gasteiger charge is 2.58. The highest BCUT2D eigenvalue weighted by Crippen LogP contribution is 2.66. The van der Waals surface area contributed by atoms with Crippen molar-refractivity contribution in [3.63, 3.8) is 0 Å². The number of rotatable bonds is 5. The average Bonchev–Trinajstić information content (AvgIpc) is 3.03. The van der Waals surface area contributed by atoms with Crippen LogP contribution in [0, 0.1) is 34.5 Å². The quantitative estimate of drug-likeness (QED) is 0.387. The van der Waals surface area contributed by atoms with Gasteiger partial charge < -0.3 is 10.2 Å². The number of hydrogen-bond donors (Lipinski definition) is 2. The third kappa shape index (κ3) is 4.36. The minimum atomic E-state index is -0.134. The molecule has 0 aliphatic heterocycles. The molecular formula is C27H48O2. The van der Waals surface area contributed by atoms with Gasteiger partial charge in [0.1, 0.15) is 0 Å². The second kappa shape index (κ2) is 9.43. The van der Waals surface area contributed by atoms with Crippen LogP contribution in [0.25, 0.3) is 0 Å². The van der Waals surface area contributed by atoms with E-state index >= 15 is 0 Å². The van der Waals surface area contributed by atoms with Gasteiger partial charge in [-0.1, -0.05) is 52.2 Å². The largest absolute Gasteiger partial charge is 0.393 e. The fraction of sp³-hybridized carbons (Fsp3) is 0.926. The standard InChI is InChI=1S/C25H42O2.C2H6/c1-17(26)6-4-5-7-18-9-11-22-21-10-8-19-16-20(27)12-14-25(19,3)23(21)13-15-24(18,22)2;1-2/h8,17-18,20-23,26-27H,4-7,9-16H2,1-3H3;1-2H3/t17?,18-,20?,21-,22?,23?,24+,25-;/m0./s1. The van der Waals surface area contributed by atoms with E-state index in [1.165, 1.54) is 57.8 Å². The number of aliphatic hydroxyl groups is 2. The van der Waals surface area contributed by atoms with E-state index in [0.717, 1.165) is 42.9 Å². The molecular weight excluding hydrogens is 356 g/mol. The molecule has 4 rings (SSSR count). The molecule has 0 amide bonds. The summed E-state index contributed by atoms with van der Waals surface area (Å²) in [6.07, 6.45) is 17.3. The van der Waals surface area contributed by atoms with Crippen molar-refractivity contribution in [1.82, 2.24) is 0 Å². The monoisotopic (exact) mass is 404 g/mol. The lowest BCUT2D eigenvalue weighted by Crippen LogP contribution is -2.50. The first kappa shape index (κ1) is 23.3. The Balaban J connectivity index is 0.00000117. The van der Waals surface area contributed by atoms with E-state index in [9.17, 15) is 10.2 Å². The van der Waals surface area contributed by atoms with Crippen molar-refractivity contribution in [2.75, 3.05) is 0 Å². The molecule has 3 fully saturated rings. The van der Waals surface area contributed by atoms with Gasteiger partial charge in [0, 0.05) is 0 Å². The first-order valence-corrected chi connectivity index (χ1v) is 12.9. The number of aliphatic hydroxyl groups excluding tert-OH is 2. The van der Waals surface area contributed by atoms with Crippen LogP contribution in [0.15, 0.2) is 11.6 Å². The van der Waals surface area contributed by atoms with Crippen LogP contribution >= 0.6 is 0 Å². The Labute approximate surface area is 180 Å². The number of hydrogen-bond acceptors (Lipinski definition) is 2. The topological polar surface area (TPSA) is 40.5 Å². The van der Waals surface area contributed by atoms with Crippen LogP contribution in [0.2, 0.25) is 0 Å². The predicted molar refractivity (Wildman–Crippen MR) is 123 cm³/mol. The van der Waals surface area contributed by atoms with E-state index in [4.69, 9.17) is 0 Å². The van der Waals surface area contributed by atoms with Gasteiger partial charge in [0.25, 0.3) is 0 Å². The molecule has 0 aromatic heterocycles. The van der Waals surface area contributed by atoms with Crippen molar-refractivity contribution in [3.8, 4) is 0 Å². The summed E-state index contributed by atoms with van der Waals surface area (Å²) >= 11 is 0. The fourth-order valence-electron chi connectivity index (χ4n) is 8.06. The van der Waals surface area contributed by atoms with E-state index in [2.05, 4.69) is 19.9 Å². The van der Waals surface area contributed by atoms with Crippen molar-refractivity contribution >= 4 is 0 Å². The van der Waals surface area contributed by atoms with E-state index in [1.54, 1.807) is 5.57 Å². The summed E-state index contributed by atoms with van der Waals surface area (Å²) in [5, 5.41) is 19.7. The van der Waals surface area contributed by atoms with Crippen LogP contribution in [-0.4, -0.2) is 22.4 Å². The Morgan fingerprint density at radius 2 is 1.79 bits per heavy atom. The van der Waals surface area contributed by atoms with Gasteiger partial charge in [-0.2, -0.15) is 0 Å².